The Kier molecular flexibility index (Phi) is 5.48. The summed E-state index contributed by atoms with van der Waals surface area (Å²) in [6, 6.07) is 7.76. The molecule has 0 unspecified atom stereocenters. The third kappa shape index (κ3) is 3.84. The number of likely N-dealkylation sites (tertiary alicyclic amines) is 1. The molecule has 1 aromatic carbocycles. The Labute approximate surface area is 181 Å². The maximum absolute atomic E-state index is 13.3. The van der Waals surface area contributed by atoms with Crippen LogP contribution in [0.4, 0.5) is 0 Å². The molecule has 164 valence electrons. The van der Waals surface area contributed by atoms with Gasteiger partial charge >= 0.3 is 0 Å². The number of hydrogen-bond acceptors (Lipinski definition) is 6. The zero-order valence-corrected chi connectivity index (χ0v) is 18.3. The van der Waals surface area contributed by atoms with E-state index in [0.29, 0.717) is 17.5 Å². The van der Waals surface area contributed by atoms with E-state index >= 15 is 0 Å². The quantitative estimate of drug-likeness (QED) is 0.677. The summed E-state index contributed by atoms with van der Waals surface area (Å²) in [6.45, 7) is 4.14. The lowest BCUT2D eigenvalue weighted by molar-refractivity contribution is 0.139. The molecule has 1 aliphatic carbocycles. The lowest BCUT2D eigenvalue weighted by Crippen LogP contribution is -2.41. The van der Waals surface area contributed by atoms with Crippen molar-refractivity contribution in [1.82, 2.24) is 30.1 Å². The van der Waals surface area contributed by atoms with Crippen molar-refractivity contribution in [1.29, 1.82) is 0 Å². The molecule has 2 aliphatic rings. The van der Waals surface area contributed by atoms with Gasteiger partial charge in [0.25, 0.3) is 5.56 Å². The molecule has 2 fully saturated rings. The van der Waals surface area contributed by atoms with Gasteiger partial charge in [-0.2, -0.15) is 0 Å². The summed E-state index contributed by atoms with van der Waals surface area (Å²) < 4.78 is 7.40. The number of piperidine rings is 1. The summed E-state index contributed by atoms with van der Waals surface area (Å²) in [4.78, 5) is 18.8. The number of pyridine rings is 1. The molecule has 0 radical (unpaired) electrons. The fraction of sp³-hybridized carbons (Fsp3) is 0.565. The second-order valence-electron chi connectivity index (χ2n) is 9.07. The standard InChI is InChI=1S/C23H30N6O2/c1-15-6-5-11-28(14-15)21(22-25-26-27-29(22)17-7-3-4-8-17)19-13-16-12-18(31-2)9-10-20(16)24-23(19)30/h9-10,12-13,15,17,21H,3-8,11,14H2,1-2H3,(H,24,30)/t15-,21+/m0/s1. The first-order chi connectivity index (χ1) is 15.1. The minimum Gasteiger partial charge on any atom is -0.497 e. The fourth-order valence-electron chi connectivity index (χ4n) is 5.28. The van der Waals surface area contributed by atoms with Crippen LogP contribution < -0.4 is 10.3 Å². The van der Waals surface area contributed by atoms with E-state index in [1.165, 1.54) is 19.3 Å². The highest BCUT2D eigenvalue weighted by Gasteiger charge is 2.34. The highest BCUT2D eigenvalue weighted by molar-refractivity contribution is 5.80. The number of aromatic nitrogens is 5. The molecular weight excluding hydrogens is 392 g/mol. The van der Waals surface area contributed by atoms with Crippen molar-refractivity contribution in [2.24, 2.45) is 5.92 Å². The van der Waals surface area contributed by atoms with Gasteiger partial charge in [0.2, 0.25) is 0 Å². The average Bonchev–Trinajstić information content (AvgIpc) is 3.46. The second-order valence-corrected chi connectivity index (χ2v) is 9.07. The van der Waals surface area contributed by atoms with Gasteiger partial charge in [0.1, 0.15) is 11.8 Å². The molecule has 31 heavy (non-hydrogen) atoms. The minimum absolute atomic E-state index is 0.0816. The molecule has 0 bridgehead atoms. The molecule has 0 spiro atoms. The Hall–Kier alpha value is -2.74. The van der Waals surface area contributed by atoms with Crippen molar-refractivity contribution >= 4 is 10.9 Å². The Morgan fingerprint density at radius 2 is 2.00 bits per heavy atom. The van der Waals surface area contributed by atoms with Crippen molar-refractivity contribution in [2.45, 2.75) is 57.5 Å². The SMILES string of the molecule is COc1ccc2[nH]c(=O)c([C@H](c3nnnn3C3CCCC3)N3CCC[C@H](C)C3)cc2c1. The monoisotopic (exact) mass is 422 g/mol. The number of nitrogens with one attached hydrogen (secondary N) is 1. The van der Waals surface area contributed by atoms with Gasteiger partial charge in [0, 0.05) is 23.0 Å². The van der Waals surface area contributed by atoms with Gasteiger partial charge in [0.05, 0.1) is 13.2 Å². The molecule has 8 heteroatoms. The number of hydrogen-bond donors (Lipinski definition) is 1. The van der Waals surface area contributed by atoms with Crippen LogP contribution >= 0.6 is 0 Å². The first kappa shape index (κ1) is 20.2. The van der Waals surface area contributed by atoms with E-state index in [1.807, 2.05) is 28.9 Å². The van der Waals surface area contributed by atoms with Crippen LogP contribution in [0.1, 0.15) is 68.9 Å². The van der Waals surface area contributed by atoms with Crippen LogP contribution in [0, 0.1) is 5.92 Å². The number of H-pyrrole nitrogens is 1. The molecule has 3 heterocycles. The summed E-state index contributed by atoms with van der Waals surface area (Å²) in [5.41, 5.74) is 1.42. The van der Waals surface area contributed by atoms with Crippen molar-refractivity contribution in [3.8, 4) is 5.75 Å². The fourth-order valence-corrected chi connectivity index (χ4v) is 5.28. The van der Waals surface area contributed by atoms with Crippen LogP contribution in [-0.2, 0) is 0 Å². The van der Waals surface area contributed by atoms with E-state index in [4.69, 9.17) is 4.74 Å². The van der Waals surface area contributed by atoms with E-state index in [0.717, 1.165) is 54.8 Å². The van der Waals surface area contributed by atoms with Crippen molar-refractivity contribution in [3.05, 3.63) is 46.0 Å². The molecule has 5 rings (SSSR count). The number of tetrazole rings is 1. The van der Waals surface area contributed by atoms with Crippen molar-refractivity contribution < 1.29 is 4.74 Å². The number of aromatic amines is 1. The largest absolute Gasteiger partial charge is 0.497 e. The van der Waals surface area contributed by atoms with Gasteiger partial charge in [-0.1, -0.05) is 19.8 Å². The molecule has 1 saturated carbocycles. The Balaban J connectivity index is 1.65. The lowest BCUT2D eigenvalue weighted by Gasteiger charge is -2.36. The summed E-state index contributed by atoms with van der Waals surface area (Å²) in [5.74, 6) is 2.13. The van der Waals surface area contributed by atoms with Crippen LogP contribution in [0.2, 0.25) is 0 Å². The maximum Gasteiger partial charge on any atom is 0.253 e. The molecule has 1 N–H and O–H groups in total. The van der Waals surface area contributed by atoms with E-state index in [-0.39, 0.29) is 11.6 Å². The first-order valence-electron chi connectivity index (χ1n) is 11.4. The molecule has 3 aromatic rings. The Bertz CT molecular complexity index is 1120. The van der Waals surface area contributed by atoms with Gasteiger partial charge in [-0.25, -0.2) is 4.68 Å². The smallest absolute Gasteiger partial charge is 0.253 e. The zero-order chi connectivity index (χ0) is 21.4. The lowest BCUT2D eigenvalue weighted by atomic mass is 9.95. The highest BCUT2D eigenvalue weighted by atomic mass is 16.5. The van der Waals surface area contributed by atoms with Gasteiger partial charge in [0.15, 0.2) is 5.82 Å². The summed E-state index contributed by atoms with van der Waals surface area (Å²) in [6.07, 6.45) is 6.90. The molecule has 1 saturated heterocycles. The number of nitrogens with zero attached hydrogens (tertiary/aromatic N) is 5. The van der Waals surface area contributed by atoms with Crippen LogP contribution in [0.3, 0.4) is 0 Å². The number of rotatable bonds is 5. The molecule has 1 aliphatic heterocycles. The third-order valence-electron chi connectivity index (χ3n) is 6.86. The molecular formula is C23H30N6O2. The predicted molar refractivity (Wildman–Crippen MR) is 118 cm³/mol. The normalized spacial score (nSPS) is 21.5. The summed E-state index contributed by atoms with van der Waals surface area (Å²) in [7, 11) is 1.65. The number of fused-ring (bicyclic) bond motifs is 1. The van der Waals surface area contributed by atoms with E-state index < -0.39 is 0 Å². The number of methoxy groups -OCH3 is 1. The van der Waals surface area contributed by atoms with Crippen LogP contribution in [0.25, 0.3) is 10.9 Å². The van der Waals surface area contributed by atoms with Gasteiger partial charge < -0.3 is 9.72 Å². The van der Waals surface area contributed by atoms with Crippen molar-refractivity contribution in [2.75, 3.05) is 20.2 Å². The van der Waals surface area contributed by atoms with Gasteiger partial charge in [-0.05, 0) is 72.8 Å². The molecule has 0 amide bonds. The topological polar surface area (TPSA) is 88.9 Å². The minimum atomic E-state index is -0.266. The Morgan fingerprint density at radius 1 is 1.16 bits per heavy atom. The van der Waals surface area contributed by atoms with Gasteiger partial charge in [-0.3, -0.25) is 9.69 Å². The van der Waals surface area contributed by atoms with Gasteiger partial charge in [-0.15, -0.1) is 5.10 Å². The average molecular weight is 423 g/mol. The van der Waals surface area contributed by atoms with Crippen LogP contribution in [-0.4, -0.2) is 50.3 Å². The van der Waals surface area contributed by atoms with E-state index in [9.17, 15) is 4.79 Å². The first-order valence-corrected chi connectivity index (χ1v) is 11.4. The maximum atomic E-state index is 13.3. The van der Waals surface area contributed by atoms with Crippen LogP contribution in [0.15, 0.2) is 29.1 Å². The third-order valence-corrected chi connectivity index (χ3v) is 6.86. The van der Waals surface area contributed by atoms with Crippen LogP contribution in [0.5, 0.6) is 5.75 Å². The Morgan fingerprint density at radius 3 is 2.77 bits per heavy atom. The predicted octanol–water partition coefficient (Wildman–Crippen LogP) is 3.46. The number of ether oxygens (including phenoxy) is 1. The van der Waals surface area contributed by atoms with Crippen molar-refractivity contribution in [3.63, 3.8) is 0 Å². The second kappa shape index (κ2) is 8.42. The summed E-state index contributed by atoms with van der Waals surface area (Å²) in [5, 5.41) is 13.8. The molecule has 2 aromatic heterocycles. The molecule has 2 atom stereocenters. The number of benzene rings is 1. The van der Waals surface area contributed by atoms with E-state index in [2.05, 4.69) is 32.3 Å². The molecule has 8 nitrogen and oxygen atoms in total. The van der Waals surface area contributed by atoms with E-state index in [1.54, 1.807) is 7.11 Å². The zero-order valence-electron chi connectivity index (χ0n) is 18.3. The summed E-state index contributed by atoms with van der Waals surface area (Å²) >= 11 is 0. The highest BCUT2D eigenvalue weighted by Crippen LogP contribution is 2.35.